The predicted octanol–water partition coefficient (Wildman–Crippen LogP) is 4.20. The molecule has 1 saturated heterocycles. The van der Waals surface area contributed by atoms with Crippen molar-refractivity contribution < 1.29 is 19.1 Å². The molecule has 1 fully saturated rings. The Morgan fingerprint density at radius 2 is 2.12 bits per heavy atom. The molecule has 1 heterocycles. The normalized spacial score (nSPS) is 36.5. The first-order valence-electron chi connectivity index (χ1n) is 9.08. The number of fused-ring (bicyclic) bond motifs is 1. The molecule has 5 atom stereocenters. The van der Waals surface area contributed by atoms with E-state index in [9.17, 15) is 9.59 Å². The molecular formula is C20H30O4. The van der Waals surface area contributed by atoms with Crippen LogP contribution in [0.15, 0.2) is 23.3 Å². The summed E-state index contributed by atoms with van der Waals surface area (Å²) in [5.41, 5.74) is 2.24. The van der Waals surface area contributed by atoms with Crippen molar-refractivity contribution in [1.82, 2.24) is 0 Å². The second-order valence-electron chi connectivity index (χ2n) is 7.32. The van der Waals surface area contributed by atoms with Crippen LogP contribution >= 0.6 is 0 Å². The number of carbonyl (C=O) groups is 2. The van der Waals surface area contributed by atoms with Crippen molar-refractivity contribution in [1.29, 1.82) is 0 Å². The van der Waals surface area contributed by atoms with Crippen molar-refractivity contribution in [3.8, 4) is 0 Å². The molecule has 24 heavy (non-hydrogen) atoms. The highest BCUT2D eigenvalue weighted by atomic mass is 16.6. The van der Waals surface area contributed by atoms with Gasteiger partial charge in [0.25, 0.3) is 0 Å². The van der Waals surface area contributed by atoms with Gasteiger partial charge in [0.1, 0.15) is 12.2 Å². The molecule has 0 N–H and O–H groups in total. The topological polar surface area (TPSA) is 52.6 Å². The monoisotopic (exact) mass is 334 g/mol. The summed E-state index contributed by atoms with van der Waals surface area (Å²) in [6.45, 7) is 9.88. The molecule has 2 aliphatic rings. The van der Waals surface area contributed by atoms with Gasteiger partial charge in [-0.3, -0.25) is 9.59 Å². The van der Waals surface area contributed by atoms with Crippen molar-refractivity contribution in [2.45, 2.75) is 72.5 Å². The van der Waals surface area contributed by atoms with E-state index in [2.05, 4.69) is 13.0 Å². The van der Waals surface area contributed by atoms with Crippen LogP contribution in [0.5, 0.6) is 0 Å². The van der Waals surface area contributed by atoms with Crippen molar-refractivity contribution in [3.05, 3.63) is 23.3 Å². The summed E-state index contributed by atoms with van der Waals surface area (Å²) in [5.74, 6) is -0.266. The van der Waals surface area contributed by atoms with Crippen molar-refractivity contribution >= 4 is 11.9 Å². The molecule has 1 aliphatic heterocycles. The van der Waals surface area contributed by atoms with E-state index in [1.54, 1.807) is 0 Å². The third kappa shape index (κ3) is 4.28. The van der Waals surface area contributed by atoms with E-state index < -0.39 is 0 Å². The Hall–Kier alpha value is -1.58. The van der Waals surface area contributed by atoms with Gasteiger partial charge in [0.2, 0.25) is 0 Å². The van der Waals surface area contributed by atoms with Crippen LogP contribution in [0.2, 0.25) is 0 Å². The van der Waals surface area contributed by atoms with Gasteiger partial charge < -0.3 is 9.47 Å². The Labute approximate surface area is 145 Å². The van der Waals surface area contributed by atoms with Gasteiger partial charge in [-0.15, -0.1) is 0 Å². The lowest BCUT2D eigenvalue weighted by Crippen LogP contribution is -2.26. The van der Waals surface area contributed by atoms with Crippen LogP contribution in [-0.4, -0.2) is 24.1 Å². The summed E-state index contributed by atoms with van der Waals surface area (Å²) >= 11 is 0. The number of ether oxygens (including phenoxy) is 2. The van der Waals surface area contributed by atoms with Gasteiger partial charge in [0.05, 0.1) is 11.8 Å². The van der Waals surface area contributed by atoms with E-state index in [1.807, 2.05) is 33.8 Å². The zero-order chi connectivity index (χ0) is 17.9. The van der Waals surface area contributed by atoms with E-state index in [0.29, 0.717) is 6.42 Å². The molecule has 0 spiro atoms. The van der Waals surface area contributed by atoms with E-state index in [1.165, 1.54) is 5.57 Å². The van der Waals surface area contributed by atoms with E-state index in [4.69, 9.17) is 9.47 Å². The summed E-state index contributed by atoms with van der Waals surface area (Å²) in [6.07, 6.45) is 7.00. The molecule has 0 radical (unpaired) electrons. The molecular weight excluding hydrogens is 304 g/mol. The number of hydrogen-bond acceptors (Lipinski definition) is 4. The fourth-order valence-corrected chi connectivity index (χ4v) is 3.28. The smallest absolute Gasteiger partial charge is 0.309 e. The number of hydrogen-bond donors (Lipinski definition) is 0. The van der Waals surface area contributed by atoms with E-state index >= 15 is 0 Å². The van der Waals surface area contributed by atoms with Crippen LogP contribution < -0.4 is 0 Å². The van der Waals surface area contributed by atoms with Crippen molar-refractivity contribution in [2.75, 3.05) is 0 Å². The molecule has 0 aromatic rings. The molecule has 0 bridgehead atoms. The molecule has 2 rings (SSSR count). The lowest BCUT2D eigenvalue weighted by atomic mass is 9.84. The third-order valence-corrected chi connectivity index (χ3v) is 5.45. The minimum atomic E-state index is -0.283. The average Bonchev–Trinajstić information content (AvgIpc) is 2.81. The number of esters is 2. The van der Waals surface area contributed by atoms with E-state index in [0.717, 1.165) is 24.8 Å². The number of carbonyl (C=O) groups excluding carboxylic acids is 2. The highest BCUT2D eigenvalue weighted by molar-refractivity contribution is 5.75. The van der Waals surface area contributed by atoms with Crippen molar-refractivity contribution in [3.63, 3.8) is 0 Å². The summed E-state index contributed by atoms with van der Waals surface area (Å²) in [4.78, 5) is 24.2. The Bertz CT molecular complexity index is 546. The molecule has 4 nitrogen and oxygen atoms in total. The maximum atomic E-state index is 12.2. The van der Waals surface area contributed by atoms with Gasteiger partial charge in [0, 0.05) is 12.3 Å². The summed E-state index contributed by atoms with van der Waals surface area (Å²) in [7, 11) is 0. The Kier molecular flexibility index (Phi) is 6.25. The van der Waals surface area contributed by atoms with Gasteiger partial charge in [-0.25, -0.2) is 0 Å². The van der Waals surface area contributed by atoms with Crippen LogP contribution in [0, 0.1) is 17.8 Å². The highest BCUT2D eigenvalue weighted by Crippen LogP contribution is 2.35. The Morgan fingerprint density at radius 3 is 2.79 bits per heavy atom. The number of allylic oxidation sites excluding steroid dienone is 1. The maximum absolute atomic E-state index is 12.2. The quantitative estimate of drug-likeness (QED) is 0.573. The zero-order valence-corrected chi connectivity index (χ0v) is 15.5. The lowest BCUT2D eigenvalue weighted by molar-refractivity contribution is -0.152. The Morgan fingerprint density at radius 1 is 1.42 bits per heavy atom. The standard InChI is InChI=1S/C20H30O4/c1-6-13(3)19(21)23-17-10-8-12(2)7-9-16-15(5)20(22)24-18(16)11-14(17)4/h8,11,13,15-18H,6-7,9-10H2,1-5H3/b12-8+,14-11+/t13?,15-,16+,17+,18-/m1/s1. The van der Waals surface area contributed by atoms with Crippen LogP contribution in [0.3, 0.4) is 0 Å². The molecule has 0 amide bonds. The fourth-order valence-electron chi connectivity index (χ4n) is 3.28. The number of rotatable bonds is 3. The first-order chi connectivity index (χ1) is 11.3. The lowest BCUT2D eigenvalue weighted by Gasteiger charge is -2.24. The molecule has 0 saturated carbocycles. The molecule has 1 unspecified atom stereocenters. The second kappa shape index (κ2) is 8.00. The molecule has 1 aliphatic carbocycles. The molecule has 134 valence electrons. The van der Waals surface area contributed by atoms with Gasteiger partial charge in [0.15, 0.2) is 0 Å². The molecule has 0 aromatic heterocycles. The van der Waals surface area contributed by atoms with Crippen LogP contribution in [0.1, 0.15) is 60.3 Å². The fraction of sp³-hybridized carbons (Fsp3) is 0.700. The predicted molar refractivity (Wildman–Crippen MR) is 93.2 cm³/mol. The van der Waals surface area contributed by atoms with Crippen LogP contribution in [0.25, 0.3) is 0 Å². The van der Waals surface area contributed by atoms with Crippen LogP contribution in [-0.2, 0) is 19.1 Å². The first-order valence-corrected chi connectivity index (χ1v) is 9.08. The molecule has 4 heteroatoms. The Balaban J connectivity index is 2.24. The summed E-state index contributed by atoms with van der Waals surface area (Å²) in [6, 6.07) is 0. The van der Waals surface area contributed by atoms with Gasteiger partial charge in [-0.2, -0.15) is 0 Å². The van der Waals surface area contributed by atoms with E-state index in [-0.39, 0.29) is 41.9 Å². The SMILES string of the molecule is CCC(C)C(=O)O[C@H]1C/C=C(\C)CC[C@@H]2[C@@H](/C=C/1C)OC(=O)[C@@H]2C. The first kappa shape index (κ1) is 18.8. The highest BCUT2D eigenvalue weighted by Gasteiger charge is 2.40. The maximum Gasteiger partial charge on any atom is 0.309 e. The largest absolute Gasteiger partial charge is 0.458 e. The van der Waals surface area contributed by atoms with Crippen LogP contribution in [0.4, 0.5) is 0 Å². The van der Waals surface area contributed by atoms with Gasteiger partial charge >= 0.3 is 11.9 Å². The zero-order valence-electron chi connectivity index (χ0n) is 15.5. The minimum absolute atomic E-state index is 0.0765. The molecule has 0 aromatic carbocycles. The van der Waals surface area contributed by atoms with Gasteiger partial charge in [-0.1, -0.05) is 32.4 Å². The average molecular weight is 334 g/mol. The van der Waals surface area contributed by atoms with Gasteiger partial charge in [-0.05, 0) is 44.8 Å². The third-order valence-electron chi connectivity index (χ3n) is 5.45. The summed E-state index contributed by atoms with van der Waals surface area (Å²) < 4.78 is 11.3. The second-order valence-corrected chi connectivity index (χ2v) is 7.32. The minimum Gasteiger partial charge on any atom is -0.458 e. The van der Waals surface area contributed by atoms with Crippen molar-refractivity contribution in [2.24, 2.45) is 17.8 Å². The summed E-state index contributed by atoms with van der Waals surface area (Å²) in [5, 5.41) is 0.